The van der Waals surface area contributed by atoms with Crippen LogP contribution in [0.3, 0.4) is 0 Å². The first kappa shape index (κ1) is 51.5. The maximum absolute atomic E-state index is 11.5. The van der Waals surface area contributed by atoms with E-state index in [9.17, 15) is 5.26 Å². The van der Waals surface area contributed by atoms with Crippen molar-refractivity contribution in [1.82, 2.24) is 0 Å². The van der Waals surface area contributed by atoms with Crippen LogP contribution in [-0.2, 0) is 21.7 Å². The third-order valence-corrected chi connectivity index (χ3v) is 17.3. The van der Waals surface area contributed by atoms with Gasteiger partial charge in [0, 0.05) is 56.0 Å². The van der Waals surface area contributed by atoms with E-state index in [0.717, 1.165) is 72.4 Å². The highest BCUT2D eigenvalue weighted by molar-refractivity contribution is 7.00. The summed E-state index contributed by atoms with van der Waals surface area (Å²) in [5.41, 5.74) is 18.5. The largest absolute Gasteiger partial charge is 0.311 e. The van der Waals surface area contributed by atoms with Gasteiger partial charge in [0.1, 0.15) is 0 Å². The van der Waals surface area contributed by atoms with Gasteiger partial charge in [-0.1, -0.05) is 198 Å². The third kappa shape index (κ3) is 8.57. The quantitative estimate of drug-likeness (QED) is 0.100. The molecule has 0 spiro atoms. The molecule has 4 nitrogen and oxygen atoms in total. The highest BCUT2D eigenvalue weighted by Crippen LogP contribution is 2.53. The van der Waals surface area contributed by atoms with Crippen LogP contribution in [0.2, 0.25) is 0 Å². The zero-order valence-electron chi connectivity index (χ0n) is 48.8. The molecule has 0 radical (unpaired) electrons. The highest BCUT2D eigenvalue weighted by Gasteiger charge is 2.46. The van der Waals surface area contributed by atoms with E-state index >= 15 is 0 Å². The number of nitriles is 1. The van der Waals surface area contributed by atoms with Gasteiger partial charge in [0.2, 0.25) is 0 Å². The fraction of sp³-hybridized carbons (Fsp3) is 0.211. The Morgan fingerprint density at radius 1 is 0.407 bits per heavy atom. The second-order valence-corrected chi connectivity index (χ2v) is 26.9. The van der Waals surface area contributed by atoms with Gasteiger partial charge in [0.15, 0.2) is 5.69 Å². The maximum atomic E-state index is 11.5. The van der Waals surface area contributed by atoms with Crippen LogP contribution in [-0.4, -0.2) is 6.71 Å². The SMILES string of the molecule is [C-]#[N+]c1cc(-c2ccccc2)cc(C#N)c1-c1cc2c3c(c1)N(c1cc(C(C)(C)C)cc(C(C)(C)C)c1)c1c(ccc4cc5ccccc5cc14)B3c1ccc3cc4ccccc4cc3c1N2c1cc(C(C)(C)C)cc(C(C)(C)C)c1. The van der Waals surface area contributed by atoms with Crippen LogP contribution in [0.4, 0.5) is 39.8 Å². The molecule has 0 N–H and O–H groups in total. The first-order valence-corrected chi connectivity index (χ1v) is 28.6. The minimum atomic E-state index is -0.217. The van der Waals surface area contributed by atoms with Crippen molar-refractivity contribution in [1.29, 1.82) is 5.26 Å². The van der Waals surface area contributed by atoms with Crippen molar-refractivity contribution in [3.05, 3.63) is 227 Å². The van der Waals surface area contributed by atoms with E-state index in [1.54, 1.807) is 0 Å². The van der Waals surface area contributed by atoms with Crippen LogP contribution in [0.1, 0.15) is 111 Å². The molecule has 13 rings (SSSR count). The third-order valence-electron chi connectivity index (χ3n) is 17.3. The molecule has 0 saturated heterocycles. The van der Waals surface area contributed by atoms with Crippen molar-refractivity contribution >= 4 is 106 Å². The van der Waals surface area contributed by atoms with Gasteiger partial charge in [-0.05, 0) is 182 Å². The molecule has 2 heterocycles. The molecule has 0 aliphatic carbocycles. The van der Waals surface area contributed by atoms with Gasteiger partial charge in [-0.25, -0.2) is 4.85 Å². The van der Waals surface area contributed by atoms with Gasteiger partial charge >= 0.3 is 0 Å². The zero-order valence-corrected chi connectivity index (χ0v) is 48.8. The summed E-state index contributed by atoms with van der Waals surface area (Å²) in [6.45, 7) is 36.6. The van der Waals surface area contributed by atoms with Gasteiger partial charge in [0.25, 0.3) is 6.71 Å². The number of hydrogen-bond donors (Lipinski definition) is 0. The van der Waals surface area contributed by atoms with E-state index in [-0.39, 0.29) is 28.4 Å². The monoisotopic (exact) mass is 1050 g/mol. The van der Waals surface area contributed by atoms with Crippen LogP contribution in [0.25, 0.3) is 70.2 Å². The number of hydrogen-bond acceptors (Lipinski definition) is 3. The van der Waals surface area contributed by atoms with Gasteiger partial charge < -0.3 is 9.80 Å². The molecule has 0 atom stereocenters. The molecule has 11 aromatic rings. The smallest absolute Gasteiger partial charge is 0.252 e. The first-order chi connectivity index (χ1) is 38.6. The maximum Gasteiger partial charge on any atom is 0.252 e. The molecule has 394 valence electrons. The number of fused-ring (bicyclic) bond motifs is 10. The number of rotatable bonds is 4. The lowest BCUT2D eigenvalue weighted by Gasteiger charge is -2.46. The Morgan fingerprint density at radius 3 is 1.21 bits per heavy atom. The van der Waals surface area contributed by atoms with Crippen molar-refractivity contribution in [3.63, 3.8) is 0 Å². The average Bonchev–Trinajstić information content (AvgIpc) is 2.03. The van der Waals surface area contributed by atoms with Gasteiger partial charge in [-0.15, -0.1) is 0 Å². The van der Waals surface area contributed by atoms with Crippen LogP contribution < -0.4 is 26.2 Å². The van der Waals surface area contributed by atoms with Gasteiger partial charge in [-0.2, -0.15) is 5.26 Å². The normalized spacial score (nSPS) is 13.3. The van der Waals surface area contributed by atoms with E-state index < -0.39 is 0 Å². The number of nitrogens with zero attached hydrogens (tertiary/aromatic N) is 4. The van der Waals surface area contributed by atoms with Crippen molar-refractivity contribution in [2.75, 3.05) is 9.80 Å². The Hall–Kier alpha value is -8.90. The predicted molar refractivity (Wildman–Crippen MR) is 347 cm³/mol. The topological polar surface area (TPSA) is 34.6 Å². The molecule has 0 bridgehead atoms. The van der Waals surface area contributed by atoms with E-state index in [1.165, 1.54) is 60.2 Å². The Bertz CT molecular complexity index is 4210. The van der Waals surface area contributed by atoms with Gasteiger partial charge in [-0.3, -0.25) is 0 Å². The molecule has 0 saturated carbocycles. The minimum Gasteiger partial charge on any atom is -0.311 e. The van der Waals surface area contributed by atoms with E-state index in [4.69, 9.17) is 6.57 Å². The van der Waals surface area contributed by atoms with Crippen LogP contribution >= 0.6 is 0 Å². The summed E-state index contributed by atoms with van der Waals surface area (Å²) in [6, 6.07) is 72.4. The molecule has 81 heavy (non-hydrogen) atoms. The molecular formula is C76H67BN4. The molecule has 5 heteroatoms. The second-order valence-electron chi connectivity index (χ2n) is 26.9. The van der Waals surface area contributed by atoms with Crippen molar-refractivity contribution in [2.24, 2.45) is 0 Å². The molecule has 11 aromatic carbocycles. The Kier molecular flexibility index (Phi) is 11.7. The molecule has 0 unspecified atom stereocenters. The summed E-state index contributed by atoms with van der Waals surface area (Å²) in [4.78, 5) is 9.47. The zero-order chi connectivity index (χ0) is 56.7. The summed E-state index contributed by atoms with van der Waals surface area (Å²) in [5, 5.41) is 20.9. The molecule has 2 aliphatic rings. The molecule has 0 fully saturated rings. The fourth-order valence-corrected chi connectivity index (χ4v) is 12.8. The number of anilines is 6. The molecule has 0 amide bonds. The summed E-state index contributed by atoms with van der Waals surface area (Å²) in [5.74, 6) is 0. The minimum absolute atomic E-state index is 0.177. The summed E-state index contributed by atoms with van der Waals surface area (Å²) in [6.07, 6.45) is 0. The summed E-state index contributed by atoms with van der Waals surface area (Å²) < 4.78 is 0. The Labute approximate surface area is 478 Å². The second kappa shape index (κ2) is 18.3. The van der Waals surface area contributed by atoms with Crippen LogP contribution in [0.5, 0.6) is 0 Å². The Morgan fingerprint density at radius 2 is 0.815 bits per heavy atom. The van der Waals surface area contributed by atoms with E-state index in [0.29, 0.717) is 16.8 Å². The standard InChI is InChI=1S/C76H67BN4/c1-73(2,3)56-39-57(74(4,5)6)42-60(41-56)80-67-37-54(69-55(45-78)33-53(36-66(69)79-13)46-21-15-14-16-22-46)38-68-70(67)77(64-29-27-51-31-47-23-17-19-25-49(47)34-62(51)71(64)80)65-30-28-52-32-48-24-18-20-26-50(48)35-63(52)72(65)81(68)61-43-58(75(7,8)9)40-59(44-61)76(10,11)12/h14-44H,1-12H3. The average molecular weight is 1050 g/mol. The first-order valence-electron chi connectivity index (χ1n) is 28.6. The fourth-order valence-electron chi connectivity index (χ4n) is 12.8. The van der Waals surface area contributed by atoms with Crippen molar-refractivity contribution < 1.29 is 0 Å². The van der Waals surface area contributed by atoms with Crippen molar-refractivity contribution in [2.45, 2.75) is 105 Å². The highest BCUT2D eigenvalue weighted by atomic mass is 15.2. The summed E-state index contributed by atoms with van der Waals surface area (Å²) >= 11 is 0. The molecule has 2 aliphatic heterocycles. The Balaban J connectivity index is 1.26. The lowest BCUT2D eigenvalue weighted by molar-refractivity contribution is 0.568. The lowest BCUT2D eigenvalue weighted by atomic mass is 9.33. The molecular weight excluding hydrogens is 980 g/mol. The van der Waals surface area contributed by atoms with Crippen LogP contribution in [0, 0.1) is 17.9 Å². The van der Waals surface area contributed by atoms with E-state index in [1.807, 2.05) is 42.5 Å². The van der Waals surface area contributed by atoms with E-state index in [2.05, 4.69) is 249 Å². The van der Waals surface area contributed by atoms with Gasteiger partial charge in [0.05, 0.1) is 12.6 Å². The number of benzene rings is 11. The van der Waals surface area contributed by atoms with Crippen molar-refractivity contribution in [3.8, 4) is 28.3 Å². The lowest BCUT2D eigenvalue weighted by Crippen LogP contribution is -2.61. The molecule has 0 aromatic heterocycles. The predicted octanol–water partition coefficient (Wildman–Crippen LogP) is 19.3. The summed E-state index contributed by atoms with van der Waals surface area (Å²) in [7, 11) is 0. The van der Waals surface area contributed by atoms with Crippen LogP contribution in [0.15, 0.2) is 188 Å².